The van der Waals surface area contributed by atoms with Crippen molar-refractivity contribution in [2.75, 3.05) is 12.0 Å². The highest BCUT2D eigenvalue weighted by Gasteiger charge is 2.27. The van der Waals surface area contributed by atoms with Crippen LogP contribution in [0.2, 0.25) is 0 Å². The molecular formula is C15H16FN5O2. The number of hydrogen-bond acceptors (Lipinski definition) is 3. The summed E-state index contributed by atoms with van der Waals surface area (Å²) in [4.78, 5) is 27.0. The highest BCUT2D eigenvalue weighted by atomic mass is 19.1. The van der Waals surface area contributed by atoms with Crippen LogP contribution in [0.25, 0.3) is 0 Å². The van der Waals surface area contributed by atoms with Gasteiger partial charge in [-0.25, -0.2) is 14.6 Å². The Morgan fingerprint density at radius 2 is 2.17 bits per heavy atom. The Labute approximate surface area is 132 Å². The number of carbonyl (C=O) groups excluding carboxylic acids is 2. The molecule has 1 aliphatic heterocycles. The van der Waals surface area contributed by atoms with E-state index in [9.17, 15) is 14.0 Å². The number of aromatic nitrogens is 2. The minimum Gasteiger partial charge on any atom is -0.338 e. The molecule has 120 valence electrons. The molecule has 1 aromatic carbocycles. The van der Waals surface area contributed by atoms with Crippen LogP contribution < -0.4 is 10.7 Å². The molecule has 0 bridgehead atoms. The van der Waals surface area contributed by atoms with Crippen molar-refractivity contribution in [3.8, 4) is 0 Å². The molecule has 0 saturated carbocycles. The van der Waals surface area contributed by atoms with Gasteiger partial charge in [-0.2, -0.15) is 9.89 Å². The number of nitrogens with one attached hydrogen (secondary N) is 2. The molecule has 0 saturated heterocycles. The van der Waals surface area contributed by atoms with Crippen molar-refractivity contribution in [2.24, 2.45) is 0 Å². The highest BCUT2D eigenvalue weighted by molar-refractivity contribution is 5.99. The van der Waals surface area contributed by atoms with Gasteiger partial charge in [-0.3, -0.25) is 4.79 Å². The normalized spacial score (nSPS) is 12.9. The van der Waals surface area contributed by atoms with Gasteiger partial charge in [-0.1, -0.05) is 6.07 Å². The lowest BCUT2D eigenvalue weighted by molar-refractivity contribution is 0.100. The van der Waals surface area contributed by atoms with Gasteiger partial charge in [-0.05, 0) is 25.1 Å². The van der Waals surface area contributed by atoms with E-state index in [4.69, 9.17) is 0 Å². The third kappa shape index (κ3) is 3.01. The smallest absolute Gasteiger partial charge is 0.318 e. The number of hydrogen-bond donors (Lipinski definition) is 2. The van der Waals surface area contributed by atoms with E-state index in [1.54, 1.807) is 11.1 Å². The van der Waals surface area contributed by atoms with Crippen LogP contribution in [0.1, 0.15) is 28.5 Å². The summed E-state index contributed by atoms with van der Waals surface area (Å²) in [5.41, 5.74) is 4.41. The molecule has 1 aliphatic rings. The van der Waals surface area contributed by atoms with Crippen molar-refractivity contribution in [1.29, 1.82) is 0 Å². The van der Waals surface area contributed by atoms with Crippen molar-refractivity contribution in [1.82, 2.24) is 20.1 Å². The van der Waals surface area contributed by atoms with Gasteiger partial charge in [0.05, 0.1) is 25.0 Å². The van der Waals surface area contributed by atoms with Gasteiger partial charge in [0, 0.05) is 17.7 Å². The maximum absolute atomic E-state index is 13.2. The van der Waals surface area contributed by atoms with E-state index in [1.807, 2.05) is 6.92 Å². The van der Waals surface area contributed by atoms with Gasteiger partial charge in [-0.15, -0.1) is 0 Å². The standard InChI is InChI=1S/C15H16FN5O2/c1-2-17-15(23)20-8-11-7-18-21(13(11)9-20)19-14(22)10-4-3-5-12(16)6-10/h3-7H,2,8-9H2,1H3,(H,17,23)(H,19,22). The van der Waals surface area contributed by atoms with Crippen LogP contribution in [-0.2, 0) is 13.1 Å². The molecule has 3 rings (SSSR count). The van der Waals surface area contributed by atoms with Gasteiger partial charge >= 0.3 is 6.03 Å². The molecule has 0 spiro atoms. The first-order valence-corrected chi connectivity index (χ1v) is 7.24. The topological polar surface area (TPSA) is 79.3 Å². The fourth-order valence-corrected chi connectivity index (χ4v) is 2.44. The summed E-state index contributed by atoms with van der Waals surface area (Å²) in [6, 6.07) is 5.25. The van der Waals surface area contributed by atoms with Crippen molar-refractivity contribution in [3.63, 3.8) is 0 Å². The Morgan fingerprint density at radius 3 is 2.91 bits per heavy atom. The van der Waals surface area contributed by atoms with Crippen LogP contribution in [-0.4, -0.2) is 33.3 Å². The van der Waals surface area contributed by atoms with Gasteiger partial charge < -0.3 is 10.2 Å². The molecule has 0 fully saturated rings. The molecular weight excluding hydrogens is 301 g/mol. The Balaban J connectivity index is 1.73. The number of amides is 3. The SMILES string of the molecule is CCNC(=O)N1Cc2cnn(NC(=O)c3cccc(F)c3)c2C1. The van der Waals surface area contributed by atoms with E-state index in [0.717, 1.165) is 17.3 Å². The second-order valence-corrected chi connectivity index (χ2v) is 5.17. The van der Waals surface area contributed by atoms with E-state index in [2.05, 4.69) is 15.8 Å². The third-order valence-electron chi connectivity index (χ3n) is 3.57. The fraction of sp³-hybridized carbons (Fsp3) is 0.267. The second-order valence-electron chi connectivity index (χ2n) is 5.17. The zero-order valence-corrected chi connectivity index (χ0v) is 12.5. The number of urea groups is 1. The Bertz CT molecular complexity index is 758. The molecule has 0 radical (unpaired) electrons. The quantitative estimate of drug-likeness (QED) is 0.899. The average molecular weight is 317 g/mol. The van der Waals surface area contributed by atoms with Gasteiger partial charge in [0.1, 0.15) is 5.82 Å². The van der Waals surface area contributed by atoms with Crippen LogP contribution in [0.5, 0.6) is 0 Å². The third-order valence-corrected chi connectivity index (χ3v) is 3.57. The Morgan fingerprint density at radius 1 is 1.35 bits per heavy atom. The Hall–Kier alpha value is -2.90. The summed E-state index contributed by atoms with van der Waals surface area (Å²) in [7, 11) is 0. The summed E-state index contributed by atoms with van der Waals surface area (Å²) in [6.07, 6.45) is 1.61. The van der Waals surface area contributed by atoms with E-state index in [1.165, 1.54) is 23.0 Å². The minimum atomic E-state index is -0.481. The molecule has 2 aromatic rings. The minimum absolute atomic E-state index is 0.160. The monoisotopic (exact) mass is 317 g/mol. The molecule has 0 unspecified atom stereocenters. The van der Waals surface area contributed by atoms with Crippen LogP contribution in [0.15, 0.2) is 30.5 Å². The number of rotatable bonds is 3. The molecule has 3 amide bonds. The molecule has 2 N–H and O–H groups in total. The second kappa shape index (κ2) is 6.07. The van der Waals surface area contributed by atoms with Crippen LogP contribution in [0.3, 0.4) is 0 Å². The van der Waals surface area contributed by atoms with E-state index < -0.39 is 11.7 Å². The summed E-state index contributed by atoms with van der Waals surface area (Å²) >= 11 is 0. The highest BCUT2D eigenvalue weighted by Crippen LogP contribution is 2.21. The first-order valence-electron chi connectivity index (χ1n) is 7.24. The maximum atomic E-state index is 13.2. The molecule has 23 heavy (non-hydrogen) atoms. The molecule has 7 nitrogen and oxygen atoms in total. The predicted molar refractivity (Wildman–Crippen MR) is 80.6 cm³/mol. The summed E-state index contributed by atoms with van der Waals surface area (Å²) in [5.74, 6) is -0.947. The predicted octanol–water partition coefficient (Wildman–Crippen LogP) is 1.45. The van der Waals surface area contributed by atoms with Crippen molar-refractivity contribution in [3.05, 3.63) is 53.1 Å². The van der Waals surface area contributed by atoms with Crippen LogP contribution >= 0.6 is 0 Å². The number of halogens is 1. The molecule has 8 heteroatoms. The zero-order chi connectivity index (χ0) is 16.4. The molecule has 0 atom stereocenters. The Kier molecular flexibility index (Phi) is 3.96. The largest absolute Gasteiger partial charge is 0.338 e. The summed E-state index contributed by atoms with van der Waals surface area (Å²) < 4.78 is 13.2. The van der Waals surface area contributed by atoms with Crippen molar-refractivity contribution >= 4 is 11.9 Å². The lowest BCUT2D eigenvalue weighted by Crippen LogP contribution is -2.37. The average Bonchev–Trinajstić information content (AvgIpc) is 3.09. The van der Waals surface area contributed by atoms with Gasteiger partial charge in [0.25, 0.3) is 5.91 Å². The zero-order valence-electron chi connectivity index (χ0n) is 12.5. The first kappa shape index (κ1) is 15.0. The summed E-state index contributed by atoms with van der Waals surface area (Å²) in [6.45, 7) is 3.19. The van der Waals surface area contributed by atoms with Crippen LogP contribution in [0, 0.1) is 5.82 Å². The number of nitrogens with zero attached hydrogens (tertiary/aromatic N) is 3. The first-order chi connectivity index (χ1) is 11.1. The number of benzene rings is 1. The van der Waals surface area contributed by atoms with E-state index in [-0.39, 0.29) is 11.6 Å². The van der Waals surface area contributed by atoms with E-state index >= 15 is 0 Å². The lowest BCUT2D eigenvalue weighted by Gasteiger charge is -2.16. The fourth-order valence-electron chi connectivity index (χ4n) is 2.44. The van der Waals surface area contributed by atoms with Gasteiger partial charge in [0.15, 0.2) is 0 Å². The molecule has 2 heterocycles. The summed E-state index contributed by atoms with van der Waals surface area (Å²) in [5, 5.41) is 6.83. The van der Waals surface area contributed by atoms with Crippen molar-refractivity contribution < 1.29 is 14.0 Å². The van der Waals surface area contributed by atoms with Crippen LogP contribution in [0.4, 0.5) is 9.18 Å². The van der Waals surface area contributed by atoms with Crippen molar-refractivity contribution in [2.45, 2.75) is 20.0 Å². The maximum Gasteiger partial charge on any atom is 0.318 e. The van der Waals surface area contributed by atoms with Gasteiger partial charge in [0.2, 0.25) is 0 Å². The molecule has 0 aliphatic carbocycles. The molecule has 1 aromatic heterocycles. The number of carbonyl (C=O) groups is 2. The van der Waals surface area contributed by atoms with E-state index in [0.29, 0.717) is 19.6 Å². The number of fused-ring (bicyclic) bond motifs is 1. The lowest BCUT2D eigenvalue weighted by atomic mass is 10.2.